The van der Waals surface area contributed by atoms with E-state index in [0.717, 1.165) is 11.1 Å². The first-order valence-electron chi connectivity index (χ1n) is 10.7. The fourth-order valence-corrected chi connectivity index (χ4v) is 3.47. The normalized spacial score (nSPS) is 15.9. The zero-order chi connectivity index (χ0) is 23.1. The zero-order valence-corrected chi connectivity index (χ0v) is 18.7. The molecule has 2 heterocycles. The van der Waals surface area contributed by atoms with Crippen molar-refractivity contribution in [2.75, 3.05) is 11.9 Å². The summed E-state index contributed by atoms with van der Waals surface area (Å²) in [5.41, 5.74) is 1.37. The van der Waals surface area contributed by atoms with Crippen LogP contribution in [0.3, 0.4) is 0 Å². The number of nitrogens with zero attached hydrogens (tertiary/aromatic N) is 2. The van der Waals surface area contributed by atoms with E-state index in [9.17, 15) is 14.4 Å². The Kier molecular flexibility index (Phi) is 7.45. The first-order chi connectivity index (χ1) is 15.2. The van der Waals surface area contributed by atoms with Crippen LogP contribution in [0.4, 0.5) is 15.4 Å². The molecule has 1 aromatic heterocycles. The highest BCUT2D eigenvalue weighted by Crippen LogP contribution is 2.20. The lowest BCUT2D eigenvalue weighted by Gasteiger charge is -2.20. The minimum Gasteiger partial charge on any atom is -0.447 e. The number of nitrogens with one attached hydrogen (secondary N) is 1. The lowest BCUT2D eigenvalue weighted by atomic mass is 10.0. The summed E-state index contributed by atoms with van der Waals surface area (Å²) in [7, 11) is 0. The lowest BCUT2D eigenvalue weighted by molar-refractivity contribution is -0.129. The van der Waals surface area contributed by atoms with Crippen LogP contribution in [0.5, 0.6) is 0 Å². The number of ether oxygens (including phenoxy) is 2. The average Bonchev–Trinajstić information content (AvgIpc) is 3.07. The van der Waals surface area contributed by atoms with Crippen molar-refractivity contribution in [1.29, 1.82) is 0 Å². The summed E-state index contributed by atoms with van der Waals surface area (Å²) in [6.07, 6.45) is 2.38. The van der Waals surface area contributed by atoms with Crippen molar-refractivity contribution in [3.05, 3.63) is 59.8 Å². The maximum Gasteiger partial charge on any atom is 0.416 e. The van der Waals surface area contributed by atoms with E-state index in [0.29, 0.717) is 25.1 Å². The van der Waals surface area contributed by atoms with E-state index < -0.39 is 17.8 Å². The monoisotopic (exact) mass is 439 g/mol. The van der Waals surface area contributed by atoms with Crippen LogP contribution < -0.4 is 5.32 Å². The Morgan fingerprint density at radius 2 is 1.94 bits per heavy atom. The van der Waals surface area contributed by atoms with Crippen molar-refractivity contribution >= 4 is 23.9 Å². The highest BCUT2D eigenvalue weighted by molar-refractivity contribution is 5.93. The molecule has 0 aliphatic carbocycles. The van der Waals surface area contributed by atoms with Gasteiger partial charge in [-0.1, -0.05) is 30.3 Å². The van der Waals surface area contributed by atoms with Crippen LogP contribution in [-0.4, -0.2) is 46.2 Å². The molecule has 1 aromatic carbocycles. The second-order valence-electron chi connectivity index (χ2n) is 8.71. The van der Waals surface area contributed by atoms with Crippen molar-refractivity contribution in [2.45, 2.75) is 58.1 Å². The Labute approximate surface area is 187 Å². The number of cyclic esters (lactones) is 1. The Morgan fingerprint density at radius 1 is 1.19 bits per heavy atom. The van der Waals surface area contributed by atoms with Gasteiger partial charge < -0.3 is 9.47 Å². The lowest BCUT2D eigenvalue weighted by Crippen LogP contribution is -2.40. The molecule has 0 bridgehead atoms. The van der Waals surface area contributed by atoms with Crippen LogP contribution in [0, 0.1) is 0 Å². The largest absolute Gasteiger partial charge is 0.447 e. The van der Waals surface area contributed by atoms with E-state index in [2.05, 4.69) is 10.3 Å². The number of benzene rings is 1. The number of hydrogen-bond acceptors (Lipinski definition) is 6. The van der Waals surface area contributed by atoms with Gasteiger partial charge in [-0.25, -0.2) is 19.5 Å². The summed E-state index contributed by atoms with van der Waals surface area (Å²) in [6, 6.07) is 13.0. The third-order valence-corrected chi connectivity index (χ3v) is 4.85. The van der Waals surface area contributed by atoms with Gasteiger partial charge >= 0.3 is 12.2 Å². The van der Waals surface area contributed by atoms with Crippen molar-refractivity contribution < 1.29 is 23.9 Å². The summed E-state index contributed by atoms with van der Waals surface area (Å²) in [5.74, 6) is 0.142. The molecule has 1 aliphatic rings. The summed E-state index contributed by atoms with van der Waals surface area (Å²) >= 11 is 0. The van der Waals surface area contributed by atoms with Crippen LogP contribution in [0.1, 0.15) is 44.7 Å². The molecule has 170 valence electrons. The van der Waals surface area contributed by atoms with Crippen LogP contribution in [0.15, 0.2) is 48.7 Å². The van der Waals surface area contributed by atoms with E-state index in [1.54, 1.807) is 33.0 Å². The second kappa shape index (κ2) is 10.3. The maximum absolute atomic E-state index is 12.7. The number of carbonyl (C=O) groups is 3. The van der Waals surface area contributed by atoms with Gasteiger partial charge in [-0.05, 0) is 63.3 Å². The van der Waals surface area contributed by atoms with Crippen LogP contribution in [0.2, 0.25) is 0 Å². The first kappa shape index (κ1) is 23.2. The summed E-state index contributed by atoms with van der Waals surface area (Å²) < 4.78 is 10.4. The van der Waals surface area contributed by atoms with Gasteiger partial charge in [-0.3, -0.25) is 10.1 Å². The van der Waals surface area contributed by atoms with Crippen molar-refractivity contribution in [3.63, 3.8) is 0 Å². The molecule has 1 fully saturated rings. The smallest absolute Gasteiger partial charge is 0.416 e. The van der Waals surface area contributed by atoms with E-state index in [1.807, 2.05) is 36.4 Å². The molecule has 32 heavy (non-hydrogen) atoms. The Morgan fingerprint density at radius 3 is 2.66 bits per heavy atom. The molecular formula is C24H29N3O5. The van der Waals surface area contributed by atoms with Crippen LogP contribution >= 0.6 is 0 Å². The van der Waals surface area contributed by atoms with Crippen LogP contribution in [-0.2, 0) is 27.1 Å². The van der Waals surface area contributed by atoms with Gasteiger partial charge in [-0.15, -0.1) is 0 Å². The number of amides is 3. The molecule has 3 rings (SSSR count). The van der Waals surface area contributed by atoms with Crippen molar-refractivity contribution in [1.82, 2.24) is 9.88 Å². The fourth-order valence-electron chi connectivity index (χ4n) is 3.47. The topological polar surface area (TPSA) is 97.8 Å². The Bertz CT molecular complexity index is 956. The highest BCUT2D eigenvalue weighted by Gasteiger charge is 2.37. The number of pyridine rings is 1. The average molecular weight is 440 g/mol. The summed E-state index contributed by atoms with van der Waals surface area (Å²) in [5, 5.41) is 2.61. The number of carbonyl (C=O) groups excluding carboxylic acids is 3. The Hall–Kier alpha value is -3.42. The Balaban J connectivity index is 1.51. The molecule has 0 saturated carbocycles. The molecule has 1 atom stereocenters. The van der Waals surface area contributed by atoms with Gasteiger partial charge in [-0.2, -0.15) is 0 Å². The predicted octanol–water partition coefficient (Wildman–Crippen LogP) is 4.34. The van der Waals surface area contributed by atoms with E-state index >= 15 is 0 Å². The molecule has 1 aliphatic heterocycles. The van der Waals surface area contributed by atoms with Gasteiger partial charge in [0.2, 0.25) is 5.91 Å². The number of anilines is 1. The van der Waals surface area contributed by atoms with Crippen molar-refractivity contribution in [2.24, 2.45) is 0 Å². The van der Waals surface area contributed by atoms with Gasteiger partial charge in [0, 0.05) is 12.6 Å². The molecule has 0 unspecified atom stereocenters. The molecule has 1 saturated heterocycles. The van der Waals surface area contributed by atoms with Crippen LogP contribution in [0.25, 0.3) is 0 Å². The molecular weight excluding hydrogens is 410 g/mol. The van der Waals surface area contributed by atoms with Gasteiger partial charge in [0.25, 0.3) is 0 Å². The van der Waals surface area contributed by atoms with E-state index in [1.165, 1.54) is 4.90 Å². The number of imide groups is 1. The van der Waals surface area contributed by atoms with Gasteiger partial charge in [0.15, 0.2) is 0 Å². The maximum atomic E-state index is 12.7. The molecule has 0 radical (unpaired) electrons. The summed E-state index contributed by atoms with van der Waals surface area (Å²) in [6.45, 7) is 5.57. The quantitative estimate of drug-likeness (QED) is 0.689. The minimum absolute atomic E-state index is 0.212. The van der Waals surface area contributed by atoms with Gasteiger partial charge in [0.05, 0.1) is 6.04 Å². The molecule has 3 amide bonds. The third-order valence-electron chi connectivity index (χ3n) is 4.85. The van der Waals surface area contributed by atoms with E-state index in [-0.39, 0.29) is 25.0 Å². The highest BCUT2D eigenvalue weighted by atomic mass is 16.6. The molecule has 8 nitrogen and oxygen atoms in total. The second-order valence-corrected chi connectivity index (χ2v) is 8.71. The minimum atomic E-state index is -0.600. The van der Waals surface area contributed by atoms with Crippen molar-refractivity contribution in [3.8, 4) is 0 Å². The van der Waals surface area contributed by atoms with Gasteiger partial charge in [0.1, 0.15) is 18.0 Å². The fraction of sp³-hybridized carbons (Fsp3) is 0.417. The number of hydrogen-bond donors (Lipinski definition) is 1. The first-order valence-corrected chi connectivity index (χ1v) is 10.7. The third kappa shape index (κ3) is 6.80. The molecule has 2 aromatic rings. The predicted molar refractivity (Wildman–Crippen MR) is 119 cm³/mol. The number of aryl methyl sites for hydroxylation is 1. The number of aromatic nitrogens is 1. The summed E-state index contributed by atoms with van der Waals surface area (Å²) in [4.78, 5) is 42.1. The molecule has 8 heteroatoms. The standard InChI is InChI=1S/C24H29N3O5/c1-24(2,3)32-22(29)26-20-15-18(12-13-25-20)10-7-11-21(28)27-19(16-31-23(27)30)14-17-8-5-4-6-9-17/h4-6,8-9,12-13,15,19H,7,10-11,14,16H2,1-3H3,(H,25,26,29)/t19-/m0/s1. The molecule has 0 spiro atoms. The SMILES string of the molecule is CC(C)(C)OC(=O)Nc1cc(CCCC(=O)N2C(=O)OC[C@@H]2Cc2ccccc2)ccn1. The van der Waals surface area contributed by atoms with E-state index in [4.69, 9.17) is 9.47 Å². The molecule has 1 N–H and O–H groups in total. The number of rotatable bonds is 7. The zero-order valence-electron chi connectivity index (χ0n) is 18.7.